The summed E-state index contributed by atoms with van der Waals surface area (Å²) in [6.45, 7) is 1.22. The van der Waals surface area contributed by atoms with Crippen LogP contribution in [0.2, 0.25) is 0 Å². The number of benzene rings is 2. The number of nitrogens with zero attached hydrogens (tertiary/aromatic N) is 1. The molecule has 2 aromatic carbocycles. The summed E-state index contributed by atoms with van der Waals surface area (Å²) in [6.07, 6.45) is 0.322. The van der Waals surface area contributed by atoms with E-state index in [1.165, 1.54) is 11.8 Å². The van der Waals surface area contributed by atoms with Crippen molar-refractivity contribution in [2.75, 3.05) is 13.7 Å². The highest BCUT2D eigenvalue weighted by Crippen LogP contribution is 2.28. The molecular weight excluding hydrogens is 334 g/mol. The number of carbonyl (C=O) groups excluding carboxylic acids is 3. The quantitative estimate of drug-likeness (QED) is 0.589. The number of imide groups is 1. The molecule has 26 heavy (non-hydrogen) atoms. The smallest absolute Gasteiger partial charge is 0.302 e. The van der Waals surface area contributed by atoms with Crippen molar-refractivity contribution >= 4 is 17.8 Å². The van der Waals surface area contributed by atoms with Crippen LogP contribution < -0.4 is 4.74 Å². The van der Waals surface area contributed by atoms with Crippen LogP contribution in [0.3, 0.4) is 0 Å². The molecule has 0 radical (unpaired) electrons. The van der Waals surface area contributed by atoms with E-state index >= 15 is 0 Å². The summed E-state index contributed by atoms with van der Waals surface area (Å²) in [5.41, 5.74) is 1.56. The number of methoxy groups -OCH3 is 1. The molecule has 6 nitrogen and oxygen atoms in total. The highest BCUT2D eigenvalue weighted by molar-refractivity contribution is 6.21. The largest absolute Gasteiger partial charge is 0.496 e. The van der Waals surface area contributed by atoms with Crippen LogP contribution in [0.1, 0.15) is 33.2 Å². The molecule has 0 aliphatic carbocycles. The number of amides is 2. The maximum absolute atomic E-state index is 12.8. The van der Waals surface area contributed by atoms with Crippen LogP contribution in [0.25, 0.3) is 0 Å². The first-order valence-electron chi connectivity index (χ1n) is 8.25. The third-order valence-corrected chi connectivity index (χ3v) is 4.32. The number of para-hydroxylation sites is 1. The van der Waals surface area contributed by atoms with E-state index in [-0.39, 0.29) is 18.4 Å². The molecule has 1 aliphatic rings. The predicted octanol–water partition coefficient (Wildman–Crippen LogP) is 2.47. The van der Waals surface area contributed by atoms with Crippen LogP contribution in [0.15, 0.2) is 48.5 Å². The first kappa shape index (κ1) is 17.7. The van der Waals surface area contributed by atoms with E-state index in [9.17, 15) is 14.4 Å². The predicted molar refractivity (Wildman–Crippen MR) is 94.1 cm³/mol. The number of rotatable bonds is 6. The molecule has 0 bridgehead atoms. The van der Waals surface area contributed by atoms with Gasteiger partial charge in [-0.2, -0.15) is 0 Å². The number of hydrogen-bond acceptors (Lipinski definition) is 5. The molecule has 0 spiro atoms. The number of esters is 1. The molecule has 1 atom stereocenters. The van der Waals surface area contributed by atoms with Gasteiger partial charge >= 0.3 is 5.97 Å². The van der Waals surface area contributed by atoms with Gasteiger partial charge in [-0.05, 0) is 23.8 Å². The van der Waals surface area contributed by atoms with Crippen molar-refractivity contribution < 1.29 is 23.9 Å². The molecule has 2 aromatic rings. The Morgan fingerprint density at radius 3 is 2.15 bits per heavy atom. The van der Waals surface area contributed by atoms with Crippen LogP contribution in [-0.4, -0.2) is 42.4 Å². The Morgan fingerprint density at radius 1 is 1.00 bits per heavy atom. The normalized spacial score (nSPS) is 14.2. The third kappa shape index (κ3) is 3.31. The SMILES string of the molecule is COc1ccccc1CC(COC(C)=O)N1C(=O)c2ccccc2C1=O. The summed E-state index contributed by atoms with van der Waals surface area (Å²) in [5.74, 6) is -0.570. The molecule has 1 unspecified atom stereocenters. The van der Waals surface area contributed by atoms with E-state index in [4.69, 9.17) is 9.47 Å². The van der Waals surface area contributed by atoms with E-state index in [1.54, 1.807) is 37.4 Å². The first-order chi connectivity index (χ1) is 12.5. The summed E-state index contributed by atoms with van der Waals surface area (Å²) in [6, 6.07) is 13.4. The van der Waals surface area contributed by atoms with Crippen molar-refractivity contribution in [3.63, 3.8) is 0 Å². The Kier molecular flexibility index (Phi) is 5.02. The molecule has 0 saturated heterocycles. The Morgan fingerprint density at radius 2 is 1.58 bits per heavy atom. The van der Waals surface area contributed by atoms with Crippen LogP contribution in [0.4, 0.5) is 0 Å². The van der Waals surface area contributed by atoms with Gasteiger partial charge in [0.15, 0.2) is 0 Å². The number of fused-ring (bicyclic) bond motifs is 1. The monoisotopic (exact) mass is 353 g/mol. The highest BCUT2D eigenvalue weighted by atomic mass is 16.5. The van der Waals surface area contributed by atoms with Gasteiger partial charge in [-0.15, -0.1) is 0 Å². The molecule has 3 rings (SSSR count). The number of carbonyl (C=O) groups is 3. The molecule has 0 saturated carbocycles. The number of hydrogen-bond donors (Lipinski definition) is 0. The topological polar surface area (TPSA) is 72.9 Å². The molecule has 134 valence electrons. The average Bonchev–Trinajstić information content (AvgIpc) is 2.90. The second-order valence-corrected chi connectivity index (χ2v) is 6.00. The number of ether oxygens (including phenoxy) is 2. The van der Waals surface area contributed by atoms with Gasteiger partial charge in [0, 0.05) is 13.3 Å². The lowest BCUT2D eigenvalue weighted by Gasteiger charge is -2.26. The minimum Gasteiger partial charge on any atom is -0.496 e. The molecule has 6 heteroatoms. The highest BCUT2D eigenvalue weighted by Gasteiger charge is 2.40. The van der Waals surface area contributed by atoms with Crippen molar-refractivity contribution in [2.45, 2.75) is 19.4 Å². The van der Waals surface area contributed by atoms with Gasteiger partial charge in [0.05, 0.1) is 24.3 Å². The van der Waals surface area contributed by atoms with Crippen molar-refractivity contribution in [1.82, 2.24) is 4.90 Å². The minimum absolute atomic E-state index is 0.0706. The lowest BCUT2D eigenvalue weighted by Crippen LogP contribution is -2.44. The van der Waals surface area contributed by atoms with Gasteiger partial charge in [-0.25, -0.2) is 0 Å². The Bertz CT molecular complexity index is 826. The average molecular weight is 353 g/mol. The van der Waals surface area contributed by atoms with E-state index in [2.05, 4.69) is 0 Å². The summed E-state index contributed by atoms with van der Waals surface area (Å²) in [5, 5.41) is 0. The first-order valence-corrected chi connectivity index (χ1v) is 8.25. The van der Waals surface area contributed by atoms with Crippen molar-refractivity contribution in [2.24, 2.45) is 0 Å². The fourth-order valence-corrected chi connectivity index (χ4v) is 3.10. The molecular formula is C20H19NO5. The van der Waals surface area contributed by atoms with Crippen LogP contribution in [-0.2, 0) is 16.0 Å². The fourth-order valence-electron chi connectivity index (χ4n) is 3.10. The second-order valence-electron chi connectivity index (χ2n) is 6.00. The maximum atomic E-state index is 12.8. The van der Waals surface area contributed by atoms with Crippen LogP contribution >= 0.6 is 0 Å². The van der Waals surface area contributed by atoms with Gasteiger partial charge in [-0.3, -0.25) is 19.3 Å². The van der Waals surface area contributed by atoms with Crippen molar-refractivity contribution in [3.8, 4) is 5.75 Å². The molecule has 2 amide bonds. The fraction of sp³-hybridized carbons (Fsp3) is 0.250. The van der Waals surface area contributed by atoms with Gasteiger partial charge in [0.25, 0.3) is 11.8 Å². The lowest BCUT2D eigenvalue weighted by atomic mass is 10.0. The second kappa shape index (κ2) is 7.39. The lowest BCUT2D eigenvalue weighted by molar-refractivity contribution is -0.142. The van der Waals surface area contributed by atoms with E-state index in [0.29, 0.717) is 23.3 Å². The van der Waals surface area contributed by atoms with Gasteiger partial charge < -0.3 is 9.47 Å². The van der Waals surface area contributed by atoms with Gasteiger partial charge in [0.2, 0.25) is 0 Å². The van der Waals surface area contributed by atoms with Crippen molar-refractivity contribution in [1.29, 1.82) is 0 Å². The summed E-state index contributed by atoms with van der Waals surface area (Å²) in [4.78, 5) is 38.0. The summed E-state index contributed by atoms with van der Waals surface area (Å²) >= 11 is 0. The van der Waals surface area contributed by atoms with Gasteiger partial charge in [-0.1, -0.05) is 30.3 Å². The summed E-state index contributed by atoms with van der Waals surface area (Å²) < 4.78 is 10.5. The van der Waals surface area contributed by atoms with Crippen LogP contribution in [0.5, 0.6) is 5.75 Å². The minimum atomic E-state index is -0.623. The van der Waals surface area contributed by atoms with Gasteiger partial charge in [0.1, 0.15) is 12.4 Å². The molecule has 0 aromatic heterocycles. The van der Waals surface area contributed by atoms with Crippen LogP contribution in [0, 0.1) is 0 Å². The molecule has 1 heterocycles. The van der Waals surface area contributed by atoms with E-state index in [0.717, 1.165) is 5.56 Å². The zero-order valence-electron chi connectivity index (χ0n) is 14.6. The standard InChI is InChI=1S/C20H19NO5/c1-13(22)26-12-15(11-14-7-3-6-10-18(14)25-2)21-19(23)16-8-4-5-9-17(16)20(21)24/h3-10,15H,11-12H2,1-2H3. The zero-order chi connectivity index (χ0) is 18.7. The summed E-state index contributed by atoms with van der Waals surface area (Å²) in [7, 11) is 1.56. The molecule has 0 N–H and O–H groups in total. The van der Waals surface area contributed by atoms with E-state index in [1.807, 2.05) is 18.2 Å². The Hall–Kier alpha value is -3.15. The Labute approximate surface area is 151 Å². The third-order valence-electron chi connectivity index (χ3n) is 4.32. The molecule has 0 fully saturated rings. The zero-order valence-corrected chi connectivity index (χ0v) is 14.6. The Balaban J connectivity index is 1.93. The van der Waals surface area contributed by atoms with E-state index < -0.39 is 12.0 Å². The molecule has 1 aliphatic heterocycles. The maximum Gasteiger partial charge on any atom is 0.302 e. The van der Waals surface area contributed by atoms with Crippen molar-refractivity contribution in [3.05, 3.63) is 65.2 Å².